The van der Waals surface area contributed by atoms with E-state index in [1.807, 2.05) is 13.0 Å². The van der Waals surface area contributed by atoms with Crippen LogP contribution in [0.5, 0.6) is 0 Å². The van der Waals surface area contributed by atoms with Crippen molar-refractivity contribution < 1.29 is 4.74 Å². The summed E-state index contributed by atoms with van der Waals surface area (Å²) in [6.45, 7) is 1.92. The summed E-state index contributed by atoms with van der Waals surface area (Å²) in [5.74, 6) is 0.483. The fraction of sp³-hybridized carbons (Fsp3) is 0.375. The zero-order chi connectivity index (χ0) is 10.1. The van der Waals surface area contributed by atoms with Gasteiger partial charge in [0.15, 0.2) is 0 Å². The highest BCUT2D eigenvalue weighted by Crippen LogP contribution is 2.16. The number of rotatable bonds is 2. The third-order valence-corrected chi connectivity index (χ3v) is 2.17. The van der Waals surface area contributed by atoms with Gasteiger partial charge in [0.1, 0.15) is 0 Å². The van der Waals surface area contributed by atoms with E-state index in [1.54, 1.807) is 17.8 Å². The Kier molecular flexibility index (Phi) is 2.35. The smallest absolute Gasteiger partial charge is 0.253 e. The first-order chi connectivity index (χ1) is 6.72. The normalized spacial score (nSPS) is 13.4. The van der Waals surface area contributed by atoms with Crippen LogP contribution in [-0.4, -0.2) is 26.7 Å². The Morgan fingerprint density at radius 3 is 3.07 bits per heavy atom. The fourth-order valence-electron chi connectivity index (χ4n) is 1.22. The van der Waals surface area contributed by atoms with E-state index in [-0.39, 0.29) is 11.4 Å². The van der Waals surface area contributed by atoms with Crippen molar-refractivity contribution in [1.29, 1.82) is 0 Å². The lowest BCUT2D eigenvalue weighted by Crippen LogP contribution is -2.05. The second kappa shape index (κ2) is 3.51. The summed E-state index contributed by atoms with van der Waals surface area (Å²) in [4.78, 5) is 7.97. The molecule has 74 valence electrons. The Morgan fingerprint density at radius 2 is 2.36 bits per heavy atom. The summed E-state index contributed by atoms with van der Waals surface area (Å²) in [5, 5.41) is 4.20. The minimum absolute atomic E-state index is 0.0710. The highest BCUT2D eigenvalue weighted by atomic mass is 35.5. The molecule has 0 N–H and O–H groups in total. The predicted molar refractivity (Wildman–Crippen MR) is 51.2 cm³/mol. The van der Waals surface area contributed by atoms with E-state index in [1.165, 1.54) is 0 Å². The molecule has 5 nitrogen and oxygen atoms in total. The fourth-order valence-corrected chi connectivity index (χ4v) is 1.37. The number of ether oxygens (including phenoxy) is 1. The molecule has 0 aliphatic heterocycles. The molecule has 0 aliphatic rings. The minimum atomic E-state index is -0.0710. The van der Waals surface area contributed by atoms with Crippen LogP contribution in [0.3, 0.4) is 0 Å². The van der Waals surface area contributed by atoms with E-state index >= 15 is 0 Å². The molecule has 2 aromatic heterocycles. The average molecular weight is 213 g/mol. The first-order valence-corrected chi connectivity index (χ1v) is 4.50. The molecular weight excluding hydrogens is 204 g/mol. The summed E-state index contributed by atoms with van der Waals surface area (Å²) >= 11 is 5.68. The SMILES string of the molecule is CO[C@@H](C)c1ccnc2nc(Cl)nn12. The van der Waals surface area contributed by atoms with Crippen molar-refractivity contribution in [2.45, 2.75) is 13.0 Å². The number of methoxy groups -OCH3 is 1. The topological polar surface area (TPSA) is 52.3 Å². The van der Waals surface area contributed by atoms with Crippen LogP contribution in [0.15, 0.2) is 12.3 Å². The average Bonchev–Trinajstić information content (AvgIpc) is 2.56. The molecule has 0 fully saturated rings. The highest BCUT2D eigenvalue weighted by molar-refractivity contribution is 6.28. The van der Waals surface area contributed by atoms with Crippen LogP contribution in [0, 0.1) is 0 Å². The van der Waals surface area contributed by atoms with E-state index in [9.17, 15) is 0 Å². The first kappa shape index (κ1) is 9.36. The molecule has 0 aliphatic carbocycles. The summed E-state index contributed by atoms with van der Waals surface area (Å²) in [5.41, 5.74) is 0.872. The van der Waals surface area contributed by atoms with Gasteiger partial charge in [0, 0.05) is 13.3 Å². The van der Waals surface area contributed by atoms with Gasteiger partial charge in [0.2, 0.25) is 5.28 Å². The summed E-state index contributed by atoms with van der Waals surface area (Å²) in [7, 11) is 1.63. The van der Waals surface area contributed by atoms with Gasteiger partial charge in [-0.2, -0.15) is 9.50 Å². The zero-order valence-corrected chi connectivity index (χ0v) is 8.56. The number of halogens is 1. The van der Waals surface area contributed by atoms with Crippen molar-refractivity contribution in [3.63, 3.8) is 0 Å². The summed E-state index contributed by atoms with van der Waals surface area (Å²) < 4.78 is 6.77. The molecule has 0 unspecified atom stereocenters. The van der Waals surface area contributed by atoms with Crippen LogP contribution in [-0.2, 0) is 4.74 Å². The van der Waals surface area contributed by atoms with Gasteiger partial charge in [-0.1, -0.05) is 0 Å². The Bertz CT molecular complexity index is 456. The van der Waals surface area contributed by atoms with Gasteiger partial charge in [-0.15, -0.1) is 5.10 Å². The van der Waals surface area contributed by atoms with E-state index in [0.29, 0.717) is 5.78 Å². The highest BCUT2D eigenvalue weighted by Gasteiger charge is 2.11. The van der Waals surface area contributed by atoms with Crippen LogP contribution in [0.4, 0.5) is 0 Å². The van der Waals surface area contributed by atoms with Gasteiger partial charge >= 0.3 is 0 Å². The maximum atomic E-state index is 5.68. The maximum Gasteiger partial charge on any atom is 0.253 e. The molecule has 0 saturated carbocycles. The van der Waals surface area contributed by atoms with E-state index < -0.39 is 0 Å². The van der Waals surface area contributed by atoms with E-state index in [4.69, 9.17) is 16.3 Å². The van der Waals surface area contributed by atoms with Crippen LogP contribution >= 0.6 is 11.6 Å². The second-order valence-corrected chi connectivity index (χ2v) is 3.18. The third kappa shape index (κ3) is 1.44. The largest absolute Gasteiger partial charge is 0.375 e. The predicted octanol–water partition coefficient (Wildman–Crippen LogP) is 1.49. The standard InChI is InChI=1S/C8H9ClN4O/c1-5(14-2)6-3-4-10-8-11-7(9)12-13(6)8/h3-5H,1-2H3/t5-/m0/s1. The van der Waals surface area contributed by atoms with Crippen LogP contribution < -0.4 is 0 Å². The van der Waals surface area contributed by atoms with Gasteiger partial charge in [0.05, 0.1) is 11.8 Å². The summed E-state index contributed by atoms with van der Waals surface area (Å²) in [6, 6.07) is 1.83. The van der Waals surface area contributed by atoms with Gasteiger partial charge < -0.3 is 4.74 Å². The first-order valence-electron chi connectivity index (χ1n) is 4.12. The lowest BCUT2D eigenvalue weighted by molar-refractivity contribution is 0.114. The van der Waals surface area contributed by atoms with E-state index in [2.05, 4.69) is 15.1 Å². The number of hydrogen-bond donors (Lipinski definition) is 0. The number of nitrogens with zero attached hydrogens (tertiary/aromatic N) is 4. The molecule has 14 heavy (non-hydrogen) atoms. The van der Waals surface area contributed by atoms with Gasteiger partial charge in [0.25, 0.3) is 5.78 Å². The zero-order valence-electron chi connectivity index (χ0n) is 7.81. The molecule has 2 heterocycles. The van der Waals surface area contributed by atoms with Crippen molar-refractivity contribution in [2.24, 2.45) is 0 Å². The van der Waals surface area contributed by atoms with Gasteiger partial charge in [-0.25, -0.2) is 4.98 Å². The molecule has 1 atom stereocenters. The molecule has 0 bridgehead atoms. The minimum Gasteiger partial charge on any atom is -0.375 e. The molecule has 0 radical (unpaired) electrons. The summed E-state index contributed by atoms with van der Waals surface area (Å²) in [6.07, 6.45) is 1.59. The lowest BCUT2D eigenvalue weighted by Gasteiger charge is -2.09. The number of hydrogen-bond acceptors (Lipinski definition) is 4. The van der Waals surface area contributed by atoms with Crippen molar-refractivity contribution in [1.82, 2.24) is 19.6 Å². The number of fused-ring (bicyclic) bond motifs is 1. The lowest BCUT2D eigenvalue weighted by atomic mass is 10.3. The van der Waals surface area contributed by atoms with Crippen molar-refractivity contribution in [3.05, 3.63) is 23.2 Å². The molecule has 0 spiro atoms. The molecule has 2 aromatic rings. The van der Waals surface area contributed by atoms with Gasteiger partial charge in [-0.05, 0) is 24.6 Å². The molecule has 0 aromatic carbocycles. The van der Waals surface area contributed by atoms with Crippen LogP contribution in [0.25, 0.3) is 5.78 Å². The van der Waals surface area contributed by atoms with Gasteiger partial charge in [-0.3, -0.25) is 0 Å². The quantitative estimate of drug-likeness (QED) is 0.757. The van der Waals surface area contributed by atoms with Crippen molar-refractivity contribution in [3.8, 4) is 0 Å². The second-order valence-electron chi connectivity index (χ2n) is 2.84. The Balaban J connectivity index is 2.64. The Labute approximate surface area is 85.7 Å². The third-order valence-electron chi connectivity index (χ3n) is 2.01. The van der Waals surface area contributed by atoms with Crippen LogP contribution in [0.1, 0.15) is 18.7 Å². The van der Waals surface area contributed by atoms with Crippen LogP contribution in [0.2, 0.25) is 5.28 Å². The molecule has 2 rings (SSSR count). The van der Waals surface area contributed by atoms with Crippen molar-refractivity contribution in [2.75, 3.05) is 7.11 Å². The maximum absolute atomic E-state index is 5.68. The Hall–Kier alpha value is -1.20. The van der Waals surface area contributed by atoms with Crippen molar-refractivity contribution >= 4 is 17.4 Å². The molecule has 0 saturated heterocycles. The molecular formula is C8H9ClN4O. The van der Waals surface area contributed by atoms with E-state index in [0.717, 1.165) is 5.69 Å². The monoisotopic (exact) mass is 212 g/mol. The number of aromatic nitrogens is 4. The molecule has 0 amide bonds. The Morgan fingerprint density at radius 1 is 1.57 bits per heavy atom. The molecule has 6 heteroatoms.